The quantitative estimate of drug-likeness (QED) is 0.295. The third kappa shape index (κ3) is 6.63. The van der Waals surface area contributed by atoms with Crippen molar-refractivity contribution in [2.75, 3.05) is 6.61 Å². The first-order valence-corrected chi connectivity index (χ1v) is 10.5. The van der Waals surface area contributed by atoms with Crippen molar-refractivity contribution < 1.29 is 14.2 Å². The average molecular weight is 418 g/mol. The van der Waals surface area contributed by atoms with Crippen molar-refractivity contribution in [3.05, 3.63) is 90.9 Å². The van der Waals surface area contributed by atoms with Crippen molar-refractivity contribution in [3.63, 3.8) is 0 Å². The first kappa shape index (κ1) is 22.4. The molecular weight excluding hydrogens is 389 g/mol. The Hall–Kier alpha value is -3.24. The molecular formula is C27H28FNO2. The summed E-state index contributed by atoms with van der Waals surface area (Å²) in [7, 11) is 0. The van der Waals surface area contributed by atoms with Crippen LogP contribution in [0.25, 0.3) is 28.5 Å². The molecule has 3 aromatic rings. The number of hydrogen-bond donors (Lipinski definition) is 1. The minimum Gasteiger partial charge on any atom is -0.490 e. The van der Waals surface area contributed by atoms with Crippen LogP contribution in [0, 0.1) is 5.82 Å². The van der Waals surface area contributed by atoms with E-state index in [-0.39, 0.29) is 11.9 Å². The first-order chi connectivity index (χ1) is 15.1. The van der Waals surface area contributed by atoms with Crippen LogP contribution in [-0.4, -0.2) is 22.8 Å². The number of unbranched alkanes of at least 4 members (excludes halogenated alkanes) is 1. The lowest BCUT2D eigenvalue weighted by atomic mass is 10.0. The van der Waals surface area contributed by atoms with E-state index >= 15 is 0 Å². The van der Waals surface area contributed by atoms with Gasteiger partial charge < -0.3 is 9.84 Å². The number of aliphatic hydroxyl groups excluding tert-OH is 1. The van der Waals surface area contributed by atoms with Gasteiger partial charge in [-0.05, 0) is 68.1 Å². The number of halogens is 1. The van der Waals surface area contributed by atoms with E-state index in [1.54, 1.807) is 25.3 Å². The minimum atomic E-state index is -0.277. The van der Waals surface area contributed by atoms with Gasteiger partial charge in [0.05, 0.1) is 11.8 Å². The number of aliphatic hydroxyl groups is 1. The molecule has 0 bridgehead atoms. The molecule has 0 aliphatic heterocycles. The number of rotatable bonds is 10. The van der Waals surface area contributed by atoms with Crippen molar-refractivity contribution in [1.29, 1.82) is 0 Å². The Morgan fingerprint density at radius 2 is 1.87 bits per heavy atom. The fourth-order valence-corrected chi connectivity index (χ4v) is 3.22. The zero-order valence-electron chi connectivity index (χ0n) is 17.8. The van der Waals surface area contributed by atoms with Gasteiger partial charge in [0.25, 0.3) is 0 Å². The Kier molecular flexibility index (Phi) is 8.13. The lowest BCUT2D eigenvalue weighted by Crippen LogP contribution is -1.97. The number of allylic oxidation sites excluding steroid dienone is 1. The third-order valence-electron chi connectivity index (χ3n) is 4.89. The molecule has 0 radical (unpaired) electrons. The molecule has 1 aromatic heterocycles. The summed E-state index contributed by atoms with van der Waals surface area (Å²) in [6.07, 6.45) is 9.60. The predicted octanol–water partition coefficient (Wildman–Crippen LogP) is 6.68. The number of pyridine rings is 1. The molecule has 31 heavy (non-hydrogen) atoms. The first-order valence-electron chi connectivity index (χ1n) is 10.5. The lowest BCUT2D eigenvalue weighted by molar-refractivity contribution is 0.182. The summed E-state index contributed by atoms with van der Waals surface area (Å²) in [4.78, 5) is 4.51. The van der Waals surface area contributed by atoms with E-state index in [1.165, 1.54) is 6.07 Å². The van der Waals surface area contributed by atoms with Crippen molar-refractivity contribution in [2.24, 2.45) is 0 Å². The van der Waals surface area contributed by atoms with Crippen LogP contribution in [0.5, 0.6) is 5.75 Å². The third-order valence-corrected chi connectivity index (χ3v) is 4.89. The summed E-state index contributed by atoms with van der Waals surface area (Å²) in [5.74, 6) is 0.504. The van der Waals surface area contributed by atoms with E-state index in [2.05, 4.69) is 11.6 Å². The van der Waals surface area contributed by atoms with Crippen LogP contribution >= 0.6 is 0 Å². The van der Waals surface area contributed by atoms with E-state index in [4.69, 9.17) is 4.74 Å². The maximum absolute atomic E-state index is 14.7. The number of ether oxygens (including phenoxy) is 1. The van der Waals surface area contributed by atoms with Gasteiger partial charge in [-0.25, -0.2) is 4.39 Å². The maximum atomic E-state index is 14.7. The van der Waals surface area contributed by atoms with Gasteiger partial charge in [-0.3, -0.25) is 4.98 Å². The van der Waals surface area contributed by atoms with Gasteiger partial charge in [-0.2, -0.15) is 0 Å². The predicted molar refractivity (Wildman–Crippen MR) is 125 cm³/mol. The molecule has 0 saturated heterocycles. The van der Waals surface area contributed by atoms with Crippen molar-refractivity contribution >= 4 is 6.08 Å². The Bertz CT molecular complexity index is 1010. The second kappa shape index (κ2) is 11.2. The summed E-state index contributed by atoms with van der Waals surface area (Å²) in [5, 5.41) is 9.28. The largest absolute Gasteiger partial charge is 0.490 e. The van der Waals surface area contributed by atoms with Gasteiger partial charge in [0.1, 0.15) is 18.2 Å². The van der Waals surface area contributed by atoms with Crippen LogP contribution in [0.15, 0.2) is 79.5 Å². The number of aromatic nitrogens is 1. The fourth-order valence-electron chi connectivity index (χ4n) is 3.22. The monoisotopic (exact) mass is 417 g/mol. The molecule has 2 aromatic carbocycles. The number of benzene rings is 2. The molecule has 160 valence electrons. The van der Waals surface area contributed by atoms with Crippen molar-refractivity contribution in [2.45, 2.75) is 32.3 Å². The van der Waals surface area contributed by atoms with E-state index in [0.717, 1.165) is 47.4 Å². The maximum Gasteiger partial charge on any atom is 0.131 e. The topological polar surface area (TPSA) is 42.4 Å². The van der Waals surface area contributed by atoms with Gasteiger partial charge in [-0.15, -0.1) is 0 Å². The fraction of sp³-hybridized carbons (Fsp3) is 0.222. The summed E-state index contributed by atoms with van der Waals surface area (Å²) in [6, 6.07) is 16.7. The van der Waals surface area contributed by atoms with Crippen LogP contribution < -0.4 is 4.74 Å². The van der Waals surface area contributed by atoms with Gasteiger partial charge >= 0.3 is 0 Å². The molecule has 1 N–H and O–H groups in total. The van der Waals surface area contributed by atoms with Crippen molar-refractivity contribution in [3.8, 4) is 28.1 Å². The number of hydrogen-bond acceptors (Lipinski definition) is 3. The van der Waals surface area contributed by atoms with Gasteiger partial charge in [0.15, 0.2) is 0 Å². The normalized spacial score (nSPS) is 12.1. The SMILES string of the molecule is C=CCOc1ccc(-c2ccc(-c3ccc(C=CCCCC(C)O)cc3F)cn2)cc1. The highest BCUT2D eigenvalue weighted by molar-refractivity contribution is 5.69. The van der Waals surface area contributed by atoms with E-state index in [0.29, 0.717) is 12.2 Å². The molecule has 0 aliphatic rings. The molecule has 3 nitrogen and oxygen atoms in total. The summed E-state index contributed by atoms with van der Waals surface area (Å²) >= 11 is 0. The van der Waals surface area contributed by atoms with Crippen LogP contribution in [0.4, 0.5) is 4.39 Å². The summed E-state index contributed by atoms with van der Waals surface area (Å²) in [6.45, 7) is 5.89. The number of nitrogens with zero attached hydrogens (tertiary/aromatic N) is 1. The zero-order chi connectivity index (χ0) is 22.1. The highest BCUT2D eigenvalue weighted by Crippen LogP contribution is 2.27. The molecule has 0 aliphatic carbocycles. The standard InChI is InChI=1S/C27H28FNO2/c1-3-17-31-24-13-10-22(11-14-24)27-16-12-23(19-29-27)25-15-9-21(18-26(25)28)8-6-4-5-7-20(2)30/h3,6,8-16,18-20,30H,1,4-5,7,17H2,2H3. The summed E-state index contributed by atoms with van der Waals surface area (Å²) < 4.78 is 20.2. The van der Waals surface area contributed by atoms with Gasteiger partial charge in [0.2, 0.25) is 0 Å². The molecule has 0 amide bonds. The molecule has 4 heteroatoms. The molecule has 1 unspecified atom stereocenters. The Balaban J connectivity index is 1.66. The Labute approximate surface area is 183 Å². The van der Waals surface area contributed by atoms with E-state index in [1.807, 2.05) is 54.6 Å². The van der Waals surface area contributed by atoms with Crippen LogP contribution in [-0.2, 0) is 0 Å². The second-order valence-corrected chi connectivity index (χ2v) is 7.48. The van der Waals surface area contributed by atoms with Gasteiger partial charge in [0, 0.05) is 22.9 Å². The van der Waals surface area contributed by atoms with Crippen LogP contribution in [0.2, 0.25) is 0 Å². The van der Waals surface area contributed by atoms with Crippen LogP contribution in [0.1, 0.15) is 31.7 Å². The second-order valence-electron chi connectivity index (χ2n) is 7.48. The van der Waals surface area contributed by atoms with E-state index in [9.17, 15) is 9.50 Å². The molecule has 0 spiro atoms. The van der Waals surface area contributed by atoms with E-state index < -0.39 is 0 Å². The minimum absolute atomic E-state index is 0.274. The lowest BCUT2D eigenvalue weighted by Gasteiger charge is -2.07. The zero-order valence-corrected chi connectivity index (χ0v) is 17.8. The highest BCUT2D eigenvalue weighted by atomic mass is 19.1. The Morgan fingerprint density at radius 1 is 1.10 bits per heavy atom. The van der Waals surface area contributed by atoms with Crippen LogP contribution in [0.3, 0.4) is 0 Å². The molecule has 0 fully saturated rings. The molecule has 3 rings (SSSR count). The summed E-state index contributed by atoms with van der Waals surface area (Å²) in [5.41, 5.74) is 3.87. The highest BCUT2D eigenvalue weighted by Gasteiger charge is 2.07. The molecule has 1 atom stereocenters. The Morgan fingerprint density at radius 3 is 2.52 bits per heavy atom. The molecule has 0 saturated carbocycles. The average Bonchev–Trinajstić information content (AvgIpc) is 2.78. The van der Waals surface area contributed by atoms with Crippen molar-refractivity contribution in [1.82, 2.24) is 4.98 Å². The van der Waals surface area contributed by atoms with Gasteiger partial charge in [-0.1, -0.05) is 43.0 Å². The smallest absolute Gasteiger partial charge is 0.131 e. The molecule has 1 heterocycles.